The van der Waals surface area contributed by atoms with Gasteiger partial charge in [0.15, 0.2) is 0 Å². The van der Waals surface area contributed by atoms with Gasteiger partial charge < -0.3 is 5.32 Å². The number of hydrogen-bond donors (Lipinski definition) is 1. The van der Waals surface area contributed by atoms with Crippen LogP contribution < -0.4 is 5.32 Å². The zero-order chi connectivity index (χ0) is 9.80. The molecule has 0 spiro atoms. The maximum Gasteiger partial charge on any atom is 0.0758 e. The van der Waals surface area contributed by atoms with Crippen molar-refractivity contribution in [3.63, 3.8) is 0 Å². The Morgan fingerprint density at radius 2 is 2.36 bits per heavy atom. The summed E-state index contributed by atoms with van der Waals surface area (Å²) in [4.78, 5) is 8.50. The van der Waals surface area contributed by atoms with Crippen molar-refractivity contribution in [3.8, 4) is 0 Å². The number of aromatic nitrogens is 2. The average molecular weight is 191 g/mol. The summed E-state index contributed by atoms with van der Waals surface area (Å²) in [7, 11) is 0. The highest BCUT2D eigenvalue weighted by Crippen LogP contribution is 2.36. The standard InChI is InChI=1S/C11H17N3/c1-2-13-11(9-4-3-5-9)10-8-12-6-7-14-10/h6-9,11,13H,2-5H2,1H3. The minimum Gasteiger partial charge on any atom is -0.309 e. The highest BCUT2D eigenvalue weighted by Gasteiger charge is 2.28. The Balaban J connectivity index is 2.09. The lowest BCUT2D eigenvalue weighted by Crippen LogP contribution is -2.32. The van der Waals surface area contributed by atoms with E-state index >= 15 is 0 Å². The summed E-state index contributed by atoms with van der Waals surface area (Å²) in [6, 6.07) is 0.419. The fraction of sp³-hybridized carbons (Fsp3) is 0.636. The SMILES string of the molecule is CCNC(c1cnccn1)C1CCC1. The molecule has 1 aliphatic carbocycles. The van der Waals surface area contributed by atoms with Crippen molar-refractivity contribution < 1.29 is 0 Å². The van der Waals surface area contributed by atoms with E-state index in [1.54, 1.807) is 12.4 Å². The lowest BCUT2D eigenvalue weighted by molar-refractivity contribution is 0.229. The molecule has 0 aromatic carbocycles. The van der Waals surface area contributed by atoms with Crippen LogP contribution >= 0.6 is 0 Å². The van der Waals surface area contributed by atoms with E-state index in [9.17, 15) is 0 Å². The van der Waals surface area contributed by atoms with Crippen LogP contribution in [0.5, 0.6) is 0 Å². The van der Waals surface area contributed by atoms with E-state index < -0.39 is 0 Å². The summed E-state index contributed by atoms with van der Waals surface area (Å²) in [6.45, 7) is 3.14. The summed E-state index contributed by atoms with van der Waals surface area (Å²) < 4.78 is 0. The summed E-state index contributed by atoms with van der Waals surface area (Å²) in [5, 5.41) is 3.50. The van der Waals surface area contributed by atoms with Crippen molar-refractivity contribution in [2.24, 2.45) is 5.92 Å². The molecule has 14 heavy (non-hydrogen) atoms. The van der Waals surface area contributed by atoms with Crippen molar-refractivity contribution in [1.29, 1.82) is 0 Å². The molecule has 76 valence electrons. The Kier molecular flexibility index (Phi) is 3.09. The van der Waals surface area contributed by atoms with Crippen LogP contribution in [0.15, 0.2) is 18.6 Å². The van der Waals surface area contributed by atoms with E-state index in [-0.39, 0.29) is 0 Å². The van der Waals surface area contributed by atoms with Gasteiger partial charge in [0.25, 0.3) is 0 Å². The van der Waals surface area contributed by atoms with Gasteiger partial charge in [0.1, 0.15) is 0 Å². The van der Waals surface area contributed by atoms with E-state index in [2.05, 4.69) is 22.2 Å². The molecular formula is C11H17N3. The van der Waals surface area contributed by atoms with Gasteiger partial charge in [0.05, 0.1) is 11.7 Å². The van der Waals surface area contributed by atoms with Crippen molar-refractivity contribution in [3.05, 3.63) is 24.3 Å². The smallest absolute Gasteiger partial charge is 0.0758 e. The quantitative estimate of drug-likeness (QED) is 0.790. The van der Waals surface area contributed by atoms with E-state index in [4.69, 9.17) is 0 Å². The minimum atomic E-state index is 0.419. The Bertz CT molecular complexity index is 269. The molecule has 1 unspecified atom stereocenters. The number of hydrogen-bond acceptors (Lipinski definition) is 3. The highest BCUT2D eigenvalue weighted by molar-refractivity contribution is 5.05. The third-order valence-corrected chi connectivity index (χ3v) is 2.95. The van der Waals surface area contributed by atoms with Gasteiger partial charge in [-0.25, -0.2) is 0 Å². The topological polar surface area (TPSA) is 37.8 Å². The fourth-order valence-corrected chi connectivity index (χ4v) is 1.98. The van der Waals surface area contributed by atoms with Crippen LogP contribution in [-0.2, 0) is 0 Å². The summed E-state index contributed by atoms with van der Waals surface area (Å²) in [5.41, 5.74) is 1.10. The molecule has 1 atom stereocenters. The molecule has 1 N–H and O–H groups in total. The molecule has 1 aromatic heterocycles. The second-order valence-electron chi connectivity index (χ2n) is 3.86. The second kappa shape index (κ2) is 4.51. The van der Waals surface area contributed by atoms with Gasteiger partial charge in [-0.2, -0.15) is 0 Å². The van der Waals surface area contributed by atoms with Crippen molar-refractivity contribution >= 4 is 0 Å². The van der Waals surface area contributed by atoms with Crippen LogP contribution in [0.3, 0.4) is 0 Å². The van der Waals surface area contributed by atoms with Crippen LogP contribution in [0.4, 0.5) is 0 Å². The maximum atomic E-state index is 4.38. The maximum absolute atomic E-state index is 4.38. The summed E-state index contributed by atoms with van der Waals surface area (Å²) >= 11 is 0. The van der Waals surface area contributed by atoms with Gasteiger partial charge >= 0.3 is 0 Å². The second-order valence-corrected chi connectivity index (χ2v) is 3.86. The van der Waals surface area contributed by atoms with E-state index in [0.29, 0.717) is 6.04 Å². The molecule has 1 saturated carbocycles. The molecule has 1 aromatic rings. The first kappa shape index (κ1) is 9.59. The molecule has 1 aliphatic rings. The third kappa shape index (κ3) is 1.93. The average Bonchev–Trinajstić information content (AvgIpc) is 2.16. The van der Waals surface area contributed by atoms with Gasteiger partial charge in [0, 0.05) is 18.6 Å². The van der Waals surface area contributed by atoms with Gasteiger partial charge in [-0.05, 0) is 25.3 Å². The summed E-state index contributed by atoms with van der Waals surface area (Å²) in [5.74, 6) is 0.770. The fourth-order valence-electron chi connectivity index (χ4n) is 1.98. The number of rotatable bonds is 4. The first-order chi connectivity index (χ1) is 6.92. The Morgan fingerprint density at radius 1 is 1.50 bits per heavy atom. The van der Waals surface area contributed by atoms with Crippen LogP contribution in [0.2, 0.25) is 0 Å². The molecule has 0 bridgehead atoms. The van der Waals surface area contributed by atoms with Gasteiger partial charge in [-0.1, -0.05) is 13.3 Å². The molecule has 3 heteroatoms. The van der Waals surface area contributed by atoms with Gasteiger partial charge in [0.2, 0.25) is 0 Å². The number of nitrogens with zero attached hydrogens (tertiary/aromatic N) is 2. The third-order valence-electron chi connectivity index (χ3n) is 2.95. The normalized spacial score (nSPS) is 18.9. The van der Waals surface area contributed by atoms with Crippen molar-refractivity contribution in [1.82, 2.24) is 15.3 Å². The zero-order valence-electron chi connectivity index (χ0n) is 8.61. The first-order valence-corrected chi connectivity index (χ1v) is 5.41. The molecular weight excluding hydrogens is 174 g/mol. The zero-order valence-corrected chi connectivity index (χ0v) is 8.61. The predicted octanol–water partition coefficient (Wildman–Crippen LogP) is 1.93. The van der Waals surface area contributed by atoms with Crippen molar-refractivity contribution in [2.45, 2.75) is 32.2 Å². The Morgan fingerprint density at radius 3 is 2.86 bits per heavy atom. The predicted molar refractivity (Wildman–Crippen MR) is 55.8 cm³/mol. The van der Waals surface area contributed by atoms with Crippen LogP contribution in [-0.4, -0.2) is 16.5 Å². The molecule has 3 nitrogen and oxygen atoms in total. The van der Waals surface area contributed by atoms with Gasteiger partial charge in [-0.3, -0.25) is 9.97 Å². The molecule has 0 amide bonds. The molecule has 1 heterocycles. The molecule has 0 saturated heterocycles. The Hall–Kier alpha value is -0.960. The van der Waals surface area contributed by atoms with Crippen LogP contribution in [0, 0.1) is 5.92 Å². The summed E-state index contributed by atoms with van der Waals surface area (Å²) in [6.07, 6.45) is 9.41. The van der Waals surface area contributed by atoms with Crippen LogP contribution in [0.1, 0.15) is 37.9 Å². The van der Waals surface area contributed by atoms with Gasteiger partial charge in [-0.15, -0.1) is 0 Å². The van der Waals surface area contributed by atoms with E-state index in [0.717, 1.165) is 18.2 Å². The van der Waals surface area contributed by atoms with Crippen molar-refractivity contribution in [2.75, 3.05) is 6.54 Å². The molecule has 0 radical (unpaired) electrons. The number of nitrogens with one attached hydrogen (secondary N) is 1. The van der Waals surface area contributed by atoms with Crippen LogP contribution in [0.25, 0.3) is 0 Å². The minimum absolute atomic E-state index is 0.419. The lowest BCUT2D eigenvalue weighted by Gasteiger charge is -2.33. The van der Waals surface area contributed by atoms with E-state index in [1.165, 1.54) is 19.3 Å². The lowest BCUT2D eigenvalue weighted by atomic mass is 9.78. The Labute approximate surface area is 85.0 Å². The monoisotopic (exact) mass is 191 g/mol. The molecule has 1 fully saturated rings. The molecule has 0 aliphatic heterocycles. The highest BCUT2D eigenvalue weighted by atomic mass is 15.0. The van der Waals surface area contributed by atoms with E-state index in [1.807, 2.05) is 6.20 Å². The largest absolute Gasteiger partial charge is 0.309 e. The first-order valence-electron chi connectivity index (χ1n) is 5.41. The molecule has 2 rings (SSSR count).